The Morgan fingerprint density at radius 2 is 2.15 bits per heavy atom. The lowest BCUT2D eigenvalue weighted by Crippen LogP contribution is -2.33. The van der Waals surface area contributed by atoms with Crippen LogP contribution in [-0.2, 0) is 11.2 Å². The molecule has 6 nitrogen and oxygen atoms in total. The minimum atomic E-state index is 0.00612. The molecule has 1 saturated heterocycles. The number of hydrogen-bond acceptors (Lipinski definition) is 5. The summed E-state index contributed by atoms with van der Waals surface area (Å²) < 4.78 is 7.30. The summed E-state index contributed by atoms with van der Waals surface area (Å²) >= 11 is 5.98. The molecular weight excluding hydrogens is 364 g/mol. The Morgan fingerprint density at radius 3 is 2.89 bits per heavy atom. The number of halogens is 1. The van der Waals surface area contributed by atoms with Crippen molar-refractivity contribution in [3.05, 3.63) is 76.7 Å². The highest BCUT2D eigenvalue weighted by Gasteiger charge is 2.16. The zero-order valence-electron chi connectivity index (χ0n) is 14.6. The SMILES string of the molecule is O=C(Cc1ccc([C@H]2CNCCO2)cc1)c1cnn(-c2cc(Cl)ccn2)c1. The third-order valence-corrected chi connectivity index (χ3v) is 4.73. The molecule has 3 aromatic rings. The van der Waals surface area contributed by atoms with Crippen LogP contribution in [0.2, 0.25) is 5.02 Å². The molecule has 3 heterocycles. The highest BCUT2D eigenvalue weighted by molar-refractivity contribution is 6.30. The van der Waals surface area contributed by atoms with Gasteiger partial charge in [-0.2, -0.15) is 5.10 Å². The average molecular weight is 383 g/mol. The number of aromatic nitrogens is 3. The fourth-order valence-electron chi connectivity index (χ4n) is 3.03. The molecule has 0 aliphatic carbocycles. The Balaban J connectivity index is 1.43. The topological polar surface area (TPSA) is 69.0 Å². The quantitative estimate of drug-likeness (QED) is 0.687. The molecule has 1 fully saturated rings. The average Bonchev–Trinajstić information content (AvgIpc) is 3.20. The largest absolute Gasteiger partial charge is 0.371 e. The third-order valence-electron chi connectivity index (χ3n) is 4.49. The van der Waals surface area contributed by atoms with Gasteiger partial charge in [-0.15, -0.1) is 0 Å². The van der Waals surface area contributed by atoms with Crippen LogP contribution in [0.1, 0.15) is 27.6 Å². The summed E-state index contributed by atoms with van der Waals surface area (Å²) in [6.07, 6.45) is 5.23. The number of ketones is 1. The number of carbonyl (C=O) groups is 1. The van der Waals surface area contributed by atoms with Crippen LogP contribution in [0.25, 0.3) is 5.82 Å². The fraction of sp³-hybridized carbons (Fsp3) is 0.250. The number of carbonyl (C=O) groups excluding carboxylic acids is 1. The Kier molecular flexibility index (Phi) is 5.29. The number of nitrogens with zero attached hydrogens (tertiary/aromatic N) is 3. The minimum Gasteiger partial charge on any atom is -0.371 e. The molecule has 27 heavy (non-hydrogen) atoms. The molecule has 0 spiro atoms. The van der Waals surface area contributed by atoms with E-state index in [0.717, 1.165) is 30.8 Å². The molecule has 2 aromatic heterocycles. The molecule has 1 N–H and O–H groups in total. The summed E-state index contributed by atoms with van der Waals surface area (Å²) in [5, 5.41) is 8.11. The molecule has 0 radical (unpaired) electrons. The smallest absolute Gasteiger partial charge is 0.170 e. The number of hydrogen-bond donors (Lipinski definition) is 1. The van der Waals surface area contributed by atoms with Gasteiger partial charge in [0.05, 0.1) is 24.5 Å². The Morgan fingerprint density at radius 1 is 1.30 bits per heavy atom. The lowest BCUT2D eigenvalue weighted by atomic mass is 10.0. The van der Waals surface area contributed by atoms with Gasteiger partial charge in [-0.1, -0.05) is 35.9 Å². The van der Waals surface area contributed by atoms with Crippen LogP contribution in [0, 0.1) is 0 Å². The van der Waals surface area contributed by atoms with Crippen molar-refractivity contribution in [2.75, 3.05) is 19.7 Å². The highest BCUT2D eigenvalue weighted by Crippen LogP contribution is 2.20. The van der Waals surface area contributed by atoms with Crippen LogP contribution in [-0.4, -0.2) is 40.2 Å². The Labute approximate surface area is 162 Å². The first kappa shape index (κ1) is 17.9. The predicted octanol–water partition coefficient (Wildman–Crippen LogP) is 3.01. The van der Waals surface area contributed by atoms with E-state index in [9.17, 15) is 4.79 Å². The highest BCUT2D eigenvalue weighted by atomic mass is 35.5. The molecule has 0 amide bonds. The van der Waals surface area contributed by atoms with Crippen molar-refractivity contribution >= 4 is 17.4 Å². The van der Waals surface area contributed by atoms with E-state index in [1.807, 2.05) is 24.3 Å². The number of nitrogens with one attached hydrogen (secondary N) is 1. The van der Waals surface area contributed by atoms with E-state index in [1.54, 1.807) is 35.4 Å². The molecule has 1 aromatic carbocycles. The van der Waals surface area contributed by atoms with Gasteiger partial charge in [0.25, 0.3) is 0 Å². The van der Waals surface area contributed by atoms with Gasteiger partial charge in [0.1, 0.15) is 0 Å². The first-order chi connectivity index (χ1) is 13.2. The molecular formula is C20H19ClN4O2. The van der Waals surface area contributed by atoms with E-state index in [2.05, 4.69) is 15.4 Å². The van der Waals surface area contributed by atoms with Crippen LogP contribution in [0.5, 0.6) is 0 Å². The monoisotopic (exact) mass is 382 g/mol. The second kappa shape index (κ2) is 8.00. The second-order valence-corrected chi connectivity index (χ2v) is 6.85. The van der Waals surface area contributed by atoms with Crippen molar-refractivity contribution in [1.82, 2.24) is 20.1 Å². The summed E-state index contributed by atoms with van der Waals surface area (Å²) in [6, 6.07) is 11.4. The number of benzene rings is 1. The van der Waals surface area contributed by atoms with Gasteiger partial charge in [-0.25, -0.2) is 9.67 Å². The summed E-state index contributed by atoms with van der Waals surface area (Å²) in [7, 11) is 0. The van der Waals surface area contributed by atoms with E-state index in [1.165, 1.54) is 0 Å². The number of ether oxygens (including phenoxy) is 1. The van der Waals surface area contributed by atoms with Crippen molar-refractivity contribution in [3.63, 3.8) is 0 Å². The second-order valence-electron chi connectivity index (χ2n) is 6.41. The number of Topliss-reactive ketones (excluding diaryl/α,β-unsaturated/α-hetero) is 1. The minimum absolute atomic E-state index is 0.00612. The van der Waals surface area contributed by atoms with Crippen molar-refractivity contribution < 1.29 is 9.53 Å². The van der Waals surface area contributed by atoms with E-state index < -0.39 is 0 Å². The predicted molar refractivity (Wildman–Crippen MR) is 102 cm³/mol. The van der Waals surface area contributed by atoms with E-state index in [0.29, 0.717) is 22.8 Å². The fourth-order valence-corrected chi connectivity index (χ4v) is 3.18. The van der Waals surface area contributed by atoms with Gasteiger partial charge in [-0.3, -0.25) is 4.79 Å². The molecule has 7 heteroatoms. The standard InChI is InChI=1S/C20H19ClN4O2/c21-17-5-6-23-20(10-17)25-13-16(11-24-25)18(26)9-14-1-3-15(4-2-14)19-12-22-7-8-27-19/h1-6,10-11,13,19,22H,7-9,12H2/t19-/m1/s1. The molecule has 1 aliphatic rings. The lowest BCUT2D eigenvalue weighted by Gasteiger charge is -2.24. The first-order valence-electron chi connectivity index (χ1n) is 8.80. The Hall–Kier alpha value is -2.54. The van der Waals surface area contributed by atoms with Crippen LogP contribution in [0.4, 0.5) is 0 Å². The number of pyridine rings is 1. The first-order valence-corrected chi connectivity index (χ1v) is 9.18. The van der Waals surface area contributed by atoms with Gasteiger partial charge >= 0.3 is 0 Å². The zero-order valence-corrected chi connectivity index (χ0v) is 15.4. The van der Waals surface area contributed by atoms with Crippen molar-refractivity contribution in [2.24, 2.45) is 0 Å². The maximum atomic E-state index is 12.6. The number of rotatable bonds is 5. The maximum absolute atomic E-state index is 12.6. The van der Waals surface area contributed by atoms with Gasteiger partial charge in [-0.05, 0) is 17.2 Å². The van der Waals surface area contributed by atoms with Gasteiger partial charge in [0, 0.05) is 43.0 Å². The summed E-state index contributed by atoms with van der Waals surface area (Å²) in [5.41, 5.74) is 2.63. The van der Waals surface area contributed by atoms with Crippen molar-refractivity contribution in [1.29, 1.82) is 0 Å². The molecule has 1 aliphatic heterocycles. The van der Waals surface area contributed by atoms with Crippen LogP contribution in [0.3, 0.4) is 0 Å². The van der Waals surface area contributed by atoms with Crippen molar-refractivity contribution in [3.8, 4) is 5.82 Å². The van der Waals surface area contributed by atoms with E-state index in [-0.39, 0.29) is 11.9 Å². The summed E-state index contributed by atoms with van der Waals surface area (Å²) in [5.74, 6) is 0.582. The van der Waals surface area contributed by atoms with Gasteiger partial charge < -0.3 is 10.1 Å². The van der Waals surface area contributed by atoms with E-state index in [4.69, 9.17) is 16.3 Å². The van der Waals surface area contributed by atoms with E-state index >= 15 is 0 Å². The van der Waals surface area contributed by atoms with Crippen LogP contribution in [0.15, 0.2) is 55.0 Å². The van der Waals surface area contributed by atoms with Crippen LogP contribution >= 0.6 is 11.6 Å². The van der Waals surface area contributed by atoms with Gasteiger partial charge in [0.2, 0.25) is 0 Å². The molecule has 0 saturated carbocycles. The number of morpholine rings is 1. The molecule has 0 unspecified atom stereocenters. The summed E-state index contributed by atoms with van der Waals surface area (Å²) in [6.45, 7) is 2.42. The molecule has 0 bridgehead atoms. The third kappa shape index (κ3) is 4.24. The molecule has 4 rings (SSSR count). The zero-order chi connectivity index (χ0) is 18.6. The summed E-state index contributed by atoms with van der Waals surface area (Å²) in [4.78, 5) is 16.8. The van der Waals surface area contributed by atoms with Gasteiger partial charge in [0.15, 0.2) is 11.6 Å². The van der Waals surface area contributed by atoms with Crippen molar-refractivity contribution in [2.45, 2.75) is 12.5 Å². The Bertz CT molecular complexity index is 933. The maximum Gasteiger partial charge on any atom is 0.170 e. The van der Waals surface area contributed by atoms with Crippen LogP contribution < -0.4 is 5.32 Å². The molecule has 1 atom stereocenters. The normalized spacial score (nSPS) is 17.0. The lowest BCUT2D eigenvalue weighted by molar-refractivity contribution is 0.0277. The molecule has 138 valence electrons.